The Morgan fingerprint density at radius 3 is 2.48 bits per heavy atom. The van der Waals surface area contributed by atoms with Crippen LogP contribution in [0.1, 0.15) is 15.9 Å². The van der Waals surface area contributed by atoms with Crippen molar-refractivity contribution in [2.75, 3.05) is 38.2 Å². The Morgan fingerprint density at radius 1 is 1.15 bits per heavy atom. The number of hydrogen-bond donors (Lipinski definition) is 0. The predicted molar refractivity (Wildman–Crippen MR) is 104 cm³/mol. The molecule has 2 aromatic carbocycles. The highest BCUT2D eigenvalue weighted by atomic mass is 35.5. The number of nitrogens with zero attached hydrogens (tertiary/aromatic N) is 3. The molecule has 1 heterocycles. The standard InChI is InChI=1S/C19H20ClN3O4/c1-13-3-4-14(20)11-17(13)21-7-9-22(10-8-21)19(24)16-12-15(23(25)26)5-6-18(16)27-2/h3-6,11-12H,7-10H2,1-2H3. The van der Waals surface area contributed by atoms with E-state index in [1.807, 2.05) is 25.1 Å². The normalized spacial score (nSPS) is 14.2. The van der Waals surface area contributed by atoms with Crippen LogP contribution in [0.5, 0.6) is 5.75 Å². The molecule has 3 rings (SSSR count). The summed E-state index contributed by atoms with van der Waals surface area (Å²) in [5.41, 5.74) is 2.26. The zero-order valence-corrected chi connectivity index (χ0v) is 15.9. The van der Waals surface area contributed by atoms with Crippen LogP contribution in [0, 0.1) is 17.0 Å². The first kappa shape index (κ1) is 19.0. The van der Waals surface area contributed by atoms with Gasteiger partial charge >= 0.3 is 0 Å². The van der Waals surface area contributed by atoms with Gasteiger partial charge in [-0.25, -0.2) is 0 Å². The number of ether oxygens (including phenoxy) is 1. The first-order valence-corrected chi connectivity index (χ1v) is 8.91. The van der Waals surface area contributed by atoms with E-state index in [1.165, 1.54) is 25.3 Å². The Morgan fingerprint density at radius 2 is 1.85 bits per heavy atom. The lowest BCUT2D eigenvalue weighted by atomic mass is 10.1. The van der Waals surface area contributed by atoms with Gasteiger partial charge in [-0.1, -0.05) is 17.7 Å². The van der Waals surface area contributed by atoms with Gasteiger partial charge in [0.2, 0.25) is 0 Å². The molecule has 27 heavy (non-hydrogen) atoms. The topological polar surface area (TPSA) is 75.9 Å². The van der Waals surface area contributed by atoms with Crippen molar-refractivity contribution in [2.24, 2.45) is 0 Å². The Hall–Kier alpha value is -2.80. The zero-order chi connectivity index (χ0) is 19.6. The Balaban J connectivity index is 1.76. The third-order valence-corrected chi connectivity index (χ3v) is 4.94. The molecule has 0 aliphatic carbocycles. The van der Waals surface area contributed by atoms with Crippen molar-refractivity contribution in [1.29, 1.82) is 0 Å². The van der Waals surface area contributed by atoms with Gasteiger partial charge < -0.3 is 14.5 Å². The molecule has 2 aromatic rings. The molecule has 1 aliphatic rings. The van der Waals surface area contributed by atoms with Gasteiger partial charge in [-0.3, -0.25) is 14.9 Å². The highest BCUT2D eigenvalue weighted by Gasteiger charge is 2.26. The molecule has 1 aliphatic heterocycles. The number of nitro benzene ring substituents is 1. The number of benzene rings is 2. The van der Waals surface area contributed by atoms with Gasteiger partial charge in [-0.05, 0) is 30.7 Å². The lowest BCUT2D eigenvalue weighted by molar-refractivity contribution is -0.384. The molecule has 7 nitrogen and oxygen atoms in total. The molecule has 0 radical (unpaired) electrons. The fraction of sp³-hybridized carbons (Fsp3) is 0.316. The van der Waals surface area contributed by atoms with Gasteiger partial charge in [0, 0.05) is 49.0 Å². The van der Waals surface area contributed by atoms with Crippen LogP contribution in [-0.4, -0.2) is 49.0 Å². The molecular weight excluding hydrogens is 370 g/mol. The van der Waals surface area contributed by atoms with E-state index in [9.17, 15) is 14.9 Å². The number of anilines is 1. The second-order valence-electron chi connectivity index (χ2n) is 6.35. The van der Waals surface area contributed by atoms with Crippen LogP contribution in [0.3, 0.4) is 0 Å². The maximum absolute atomic E-state index is 12.9. The fourth-order valence-electron chi connectivity index (χ4n) is 3.22. The minimum absolute atomic E-state index is 0.132. The molecule has 0 spiro atoms. The van der Waals surface area contributed by atoms with Gasteiger partial charge in [-0.15, -0.1) is 0 Å². The van der Waals surface area contributed by atoms with E-state index in [2.05, 4.69) is 4.90 Å². The second kappa shape index (κ2) is 7.84. The minimum Gasteiger partial charge on any atom is -0.496 e. The van der Waals surface area contributed by atoms with E-state index < -0.39 is 4.92 Å². The SMILES string of the molecule is COc1ccc([N+](=O)[O-])cc1C(=O)N1CCN(c2cc(Cl)ccc2C)CC1. The summed E-state index contributed by atoms with van der Waals surface area (Å²) in [4.78, 5) is 27.3. The summed E-state index contributed by atoms with van der Waals surface area (Å²) >= 11 is 6.11. The zero-order valence-electron chi connectivity index (χ0n) is 15.1. The number of hydrogen-bond acceptors (Lipinski definition) is 5. The molecule has 0 bridgehead atoms. The number of rotatable bonds is 4. The molecule has 1 fully saturated rings. The number of methoxy groups -OCH3 is 1. The largest absolute Gasteiger partial charge is 0.496 e. The average Bonchev–Trinajstić information content (AvgIpc) is 2.68. The van der Waals surface area contributed by atoms with Crippen molar-refractivity contribution in [1.82, 2.24) is 4.90 Å². The van der Waals surface area contributed by atoms with Gasteiger partial charge in [0.25, 0.3) is 11.6 Å². The average molecular weight is 390 g/mol. The fourth-order valence-corrected chi connectivity index (χ4v) is 3.39. The predicted octanol–water partition coefficient (Wildman–Crippen LogP) is 3.53. The number of amides is 1. The lowest BCUT2D eigenvalue weighted by Crippen LogP contribution is -2.49. The van der Waals surface area contributed by atoms with Crippen LogP contribution in [-0.2, 0) is 0 Å². The second-order valence-corrected chi connectivity index (χ2v) is 6.79. The lowest BCUT2D eigenvalue weighted by Gasteiger charge is -2.37. The van der Waals surface area contributed by atoms with E-state index in [4.69, 9.17) is 16.3 Å². The van der Waals surface area contributed by atoms with E-state index >= 15 is 0 Å². The molecule has 1 amide bonds. The highest BCUT2D eigenvalue weighted by molar-refractivity contribution is 6.30. The van der Waals surface area contributed by atoms with E-state index in [1.54, 1.807) is 4.90 Å². The third-order valence-electron chi connectivity index (χ3n) is 4.70. The number of piperazine rings is 1. The summed E-state index contributed by atoms with van der Waals surface area (Å²) < 4.78 is 5.22. The first-order chi connectivity index (χ1) is 12.9. The summed E-state index contributed by atoms with van der Waals surface area (Å²) in [5.74, 6) is 0.0664. The molecule has 1 saturated heterocycles. The van der Waals surface area contributed by atoms with E-state index in [0.717, 1.165) is 11.3 Å². The van der Waals surface area contributed by atoms with Crippen LogP contribution >= 0.6 is 11.6 Å². The summed E-state index contributed by atoms with van der Waals surface area (Å²) in [5, 5.41) is 11.7. The number of nitro groups is 1. The van der Waals surface area contributed by atoms with Gasteiger partial charge in [0.05, 0.1) is 17.6 Å². The number of aryl methyl sites for hydroxylation is 1. The summed E-state index contributed by atoms with van der Waals surface area (Å²) in [6.45, 7) is 4.36. The summed E-state index contributed by atoms with van der Waals surface area (Å²) in [6, 6.07) is 9.82. The molecule has 0 atom stereocenters. The van der Waals surface area contributed by atoms with E-state index in [-0.39, 0.29) is 17.2 Å². The number of non-ortho nitro benzene ring substituents is 1. The molecule has 0 unspecified atom stereocenters. The number of carbonyl (C=O) groups is 1. The van der Waals surface area contributed by atoms with Crippen LogP contribution < -0.4 is 9.64 Å². The van der Waals surface area contributed by atoms with Crippen LogP contribution in [0.15, 0.2) is 36.4 Å². The Kier molecular flexibility index (Phi) is 5.51. The summed E-state index contributed by atoms with van der Waals surface area (Å²) in [7, 11) is 1.44. The molecule has 0 N–H and O–H groups in total. The van der Waals surface area contributed by atoms with Crippen molar-refractivity contribution >= 4 is 28.9 Å². The van der Waals surface area contributed by atoms with Crippen LogP contribution in [0.25, 0.3) is 0 Å². The van der Waals surface area contributed by atoms with Crippen molar-refractivity contribution in [3.05, 3.63) is 62.7 Å². The first-order valence-electron chi connectivity index (χ1n) is 8.53. The number of halogens is 1. The Labute approximate surface area is 162 Å². The summed E-state index contributed by atoms with van der Waals surface area (Å²) in [6.07, 6.45) is 0. The van der Waals surface area contributed by atoms with Gasteiger partial charge in [0.1, 0.15) is 5.75 Å². The molecule has 8 heteroatoms. The van der Waals surface area contributed by atoms with E-state index in [0.29, 0.717) is 37.0 Å². The molecule has 0 aromatic heterocycles. The monoisotopic (exact) mass is 389 g/mol. The maximum atomic E-state index is 12.9. The molecular formula is C19H20ClN3O4. The third kappa shape index (κ3) is 3.98. The smallest absolute Gasteiger partial charge is 0.270 e. The minimum atomic E-state index is -0.518. The van der Waals surface area contributed by atoms with Crippen molar-refractivity contribution in [2.45, 2.75) is 6.92 Å². The number of carbonyl (C=O) groups excluding carboxylic acids is 1. The quantitative estimate of drug-likeness (QED) is 0.590. The van der Waals surface area contributed by atoms with Crippen molar-refractivity contribution < 1.29 is 14.5 Å². The van der Waals surface area contributed by atoms with Crippen molar-refractivity contribution in [3.63, 3.8) is 0 Å². The molecule has 0 saturated carbocycles. The molecule has 142 valence electrons. The van der Waals surface area contributed by atoms with Crippen molar-refractivity contribution in [3.8, 4) is 5.75 Å². The van der Waals surface area contributed by atoms with Gasteiger partial charge in [-0.2, -0.15) is 0 Å². The van der Waals surface area contributed by atoms with Crippen LogP contribution in [0.2, 0.25) is 5.02 Å². The van der Waals surface area contributed by atoms with Crippen LogP contribution in [0.4, 0.5) is 11.4 Å². The maximum Gasteiger partial charge on any atom is 0.270 e. The highest BCUT2D eigenvalue weighted by Crippen LogP contribution is 2.28. The van der Waals surface area contributed by atoms with Gasteiger partial charge in [0.15, 0.2) is 0 Å². The Bertz CT molecular complexity index is 879.